The molecule has 0 spiro atoms. The van der Waals surface area contributed by atoms with Crippen LogP contribution in [0.3, 0.4) is 0 Å². The molecule has 1 unspecified atom stereocenters. The van der Waals surface area contributed by atoms with Crippen LogP contribution in [0, 0.1) is 0 Å². The Morgan fingerprint density at radius 3 is 2.91 bits per heavy atom. The van der Waals surface area contributed by atoms with E-state index in [-0.39, 0.29) is 28.8 Å². The second kappa shape index (κ2) is 9.64. The Morgan fingerprint density at radius 1 is 1.47 bits per heavy atom. The fraction of sp³-hybridized carbons (Fsp3) is 0.353. The number of aryl methyl sites for hydroxylation is 1. The molecule has 0 radical (unpaired) electrons. The van der Waals surface area contributed by atoms with Crippen LogP contribution in [0.5, 0.6) is 0 Å². The summed E-state index contributed by atoms with van der Waals surface area (Å²) >= 11 is 2.60. The van der Waals surface area contributed by atoms with Gasteiger partial charge in [0.25, 0.3) is 11.8 Å². The summed E-state index contributed by atoms with van der Waals surface area (Å²) < 4.78 is 1.47. The van der Waals surface area contributed by atoms with E-state index in [1.54, 1.807) is 7.05 Å². The molecule has 2 aliphatic rings. The summed E-state index contributed by atoms with van der Waals surface area (Å²) in [5.41, 5.74) is 5.93. The Bertz CT molecular complexity index is 1210. The van der Waals surface area contributed by atoms with Gasteiger partial charge >= 0.3 is 5.97 Å². The van der Waals surface area contributed by atoms with E-state index in [4.69, 9.17) is 10.6 Å². The van der Waals surface area contributed by atoms with E-state index in [1.165, 1.54) is 52.5 Å². The molecule has 17 heteroatoms. The Morgan fingerprint density at radius 2 is 2.26 bits per heavy atom. The van der Waals surface area contributed by atoms with Crippen LogP contribution in [0.15, 0.2) is 33.8 Å². The molecule has 0 bridgehead atoms. The molecule has 4 heterocycles. The molecule has 2 amide bonds. The first-order valence-electron chi connectivity index (χ1n) is 9.57. The van der Waals surface area contributed by atoms with Crippen molar-refractivity contribution in [1.29, 1.82) is 0 Å². The summed E-state index contributed by atoms with van der Waals surface area (Å²) in [5.74, 6) is -1.94. The number of nitrogens with zero attached hydrogens (tertiary/aromatic N) is 8. The molecule has 4 rings (SSSR count). The molecule has 0 aliphatic carbocycles. The van der Waals surface area contributed by atoms with Gasteiger partial charge in [0.15, 0.2) is 5.71 Å². The number of anilines is 1. The second-order valence-corrected chi connectivity index (χ2v) is 8.96. The summed E-state index contributed by atoms with van der Waals surface area (Å²) in [5, 5.41) is 27.1. The Kier molecular flexibility index (Phi) is 6.64. The molecule has 2 atom stereocenters. The lowest BCUT2D eigenvalue weighted by Crippen LogP contribution is -2.71. The minimum atomic E-state index is -1.23. The number of tetrazole rings is 1. The lowest BCUT2D eigenvalue weighted by molar-refractivity contribution is -0.150. The molecule has 2 aromatic heterocycles. The summed E-state index contributed by atoms with van der Waals surface area (Å²) in [6.45, 7) is 0. The predicted molar refractivity (Wildman–Crippen MR) is 119 cm³/mol. The number of hydrogen-bond donors (Lipinski definition) is 3. The zero-order valence-corrected chi connectivity index (χ0v) is 19.4. The molecule has 34 heavy (non-hydrogen) atoms. The number of nitrogens with two attached hydrogens (primary N) is 1. The van der Waals surface area contributed by atoms with Gasteiger partial charge in [0.05, 0.1) is 0 Å². The number of rotatable bonds is 8. The number of carbonyl (C=O) groups is 3. The third-order valence-electron chi connectivity index (χ3n) is 4.81. The lowest BCUT2D eigenvalue weighted by Gasteiger charge is -2.49. The molecular formula is C17H18N10O5S2. The van der Waals surface area contributed by atoms with E-state index < -0.39 is 29.2 Å². The standard InChI is InChI=1S/C17H18N10O5S2/c1-26-17(22-24-25-26)34-6-7-5-33-14-10(13(29)27(14)11(7)15(30)31)21-12(28)9(23-32-2)8-3-4-19-16(18)20-8/h3-4,10,14H,5-6H2,1-2H3,(H,21,28)(H,30,31)(H2,18,19,20)/t10?,14-/m0/s1. The first-order chi connectivity index (χ1) is 16.3. The maximum atomic E-state index is 12.9. The highest BCUT2D eigenvalue weighted by Gasteiger charge is 2.54. The molecule has 15 nitrogen and oxygen atoms in total. The van der Waals surface area contributed by atoms with Gasteiger partial charge in [-0.1, -0.05) is 16.9 Å². The number of β-lactam (4-membered cyclic amide) rings is 1. The Labute approximate surface area is 200 Å². The summed E-state index contributed by atoms with van der Waals surface area (Å²) in [7, 11) is 2.93. The fourth-order valence-corrected chi connectivity index (χ4v) is 5.64. The van der Waals surface area contributed by atoms with Crippen LogP contribution in [0.4, 0.5) is 5.95 Å². The number of nitrogen functional groups attached to an aromatic ring is 1. The first-order valence-corrected chi connectivity index (χ1v) is 11.6. The van der Waals surface area contributed by atoms with E-state index in [0.29, 0.717) is 16.5 Å². The smallest absolute Gasteiger partial charge is 0.352 e. The van der Waals surface area contributed by atoms with Gasteiger partial charge in [-0.2, -0.15) is 0 Å². The minimum Gasteiger partial charge on any atom is -0.477 e. The Hall–Kier alpha value is -3.73. The largest absolute Gasteiger partial charge is 0.477 e. The highest BCUT2D eigenvalue weighted by atomic mass is 32.2. The van der Waals surface area contributed by atoms with E-state index in [9.17, 15) is 19.5 Å². The van der Waals surface area contributed by atoms with Gasteiger partial charge in [-0.25, -0.2) is 19.4 Å². The van der Waals surface area contributed by atoms with Crippen LogP contribution in [-0.4, -0.2) is 93.7 Å². The van der Waals surface area contributed by atoms with Gasteiger partial charge in [-0.3, -0.25) is 14.5 Å². The molecule has 2 aliphatic heterocycles. The fourth-order valence-electron chi connectivity index (χ4n) is 3.30. The zero-order valence-electron chi connectivity index (χ0n) is 17.8. The van der Waals surface area contributed by atoms with Crippen molar-refractivity contribution in [2.75, 3.05) is 24.3 Å². The van der Waals surface area contributed by atoms with Crippen LogP contribution < -0.4 is 11.1 Å². The maximum Gasteiger partial charge on any atom is 0.352 e. The van der Waals surface area contributed by atoms with Crippen molar-refractivity contribution < 1.29 is 24.3 Å². The third kappa shape index (κ3) is 4.38. The van der Waals surface area contributed by atoms with Crippen LogP contribution in [-0.2, 0) is 26.3 Å². The van der Waals surface area contributed by atoms with E-state index in [2.05, 4.69) is 36.0 Å². The number of oxime groups is 1. The van der Waals surface area contributed by atoms with Crippen LogP contribution >= 0.6 is 23.5 Å². The molecule has 2 aromatic rings. The number of aliphatic carboxylic acids is 1. The third-order valence-corrected chi connectivity index (χ3v) is 7.24. The van der Waals surface area contributed by atoms with Crippen molar-refractivity contribution in [2.24, 2.45) is 12.2 Å². The molecule has 4 N–H and O–H groups in total. The van der Waals surface area contributed by atoms with Crippen molar-refractivity contribution in [3.05, 3.63) is 29.2 Å². The van der Waals surface area contributed by atoms with Gasteiger partial charge in [0.2, 0.25) is 11.1 Å². The lowest BCUT2D eigenvalue weighted by atomic mass is 10.0. The van der Waals surface area contributed by atoms with Gasteiger partial charge in [-0.05, 0) is 22.1 Å². The summed E-state index contributed by atoms with van der Waals surface area (Å²) in [6.07, 6.45) is 1.35. The van der Waals surface area contributed by atoms with E-state index in [1.807, 2.05) is 0 Å². The highest BCUT2D eigenvalue weighted by molar-refractivity contribution is 8.01. The Balaban J connectivity index is 1.50. The summed E-state index contributed by atoms with van der Waals surface area (Å²) in [6, 6.07) is 0.463. The predicted octanol–water partition coefficient (Wildman–Crippen LogP) is -1.54. The van der Waals surface area contributed by atoms with Gasteiger partial charge in [0.1, 0.15) is 29.9 Å². The molecule has 1 fully saturated rings. The van der Waals surface area contributed by atoms with Gasteiger partial charge in [0, 0.05) is 24.8 Å². The molecule has 178 valence electrons. The maximum absolute atomic E-state index is 12.9. The van der Waals surface area contributed by atoms with Gasteiger partial charge in [-0.15, -0.1) is 16.9 Å². The number of aromatic nitrogens is 6. The highest BCUT2D eigenvalue weighted by Crippen LogP contribution is 2.41. The van der Waals surface area contributed by atoms with Gasteiger partial charge < -0.3 is 21.0 Å². The van der Waals surface area contributed by atoms with E-state index in [0.717, 1.165) is 0 Å². The van der Waals surface area contributed by atoms with Crippen molar-refractivity contribution in [1.82, 2.24) is 40.4 Å². The second-order valence-electron chi connectivity index (χ2n) is 6.91. The molecule has 1 saturated heterocycles. The topological polar surface area (TPSA) is 204 Å². The number of fused-ring (bicyclic) bond motifs is 1. The van der Waals surface area contributed by atoms with Crippen molar-refractivity contribution in [2.45, 2.75) is 16.6 Å². The SMILES string of the molecule is CON=C(C(=O)NC1C(=O)N2C(C(=O)O)=C(CSc3nnnn3C)CS[C@@H]12)c1ccnc(N)n1. The van der Waals surface area contributed by atoms with Crippen LogP contribution in [0.25, 0.3) is 0 Å². The van der Waals surface area contributed by atoms with Crippen molar-refractivity contribution >= 4 is 53.0 Å². The quantitative estimate of drug-likeness (QED) is 0.161. The number of amides is 2. The molecular weight excluding hydrogens is 488 g/mol. The molecule has 0 aromatic carbocycles. The number of thioether (sulfide) groups is 2. The van der Waals surface area contributed by atoms with Crippen LogP contribution in [0.2, 0.25) is 0 Å². The normalized spacial score (nSPS) is 20.0. The van der Waals surface area contributed by atoms with Crippen molar-refractivity contribution in [3.63, 3.8) is 0 Å². The van der Waals surface area contributed by atoms with Crippen molar-refractivity contribution in [3.8, 4) is 0 Å². The number of carboxylic acid groups (broad SMARTS) is 1. The molecule has 0 saturated carbocycles. The van der Waals surface area contributed by atoms with Crippen LogP contribution in [0.1, 0.15) is 5.69 Å². The minimum absolute atomic E-state index is 0.0680. The summed E-state index contributed by atoms with van der Waals surface area (Å²) in [4.78, 5) is 51.4. The number of nitrogens with one attached hydrogen (secondary N) is 1. The average molecular weight is 507 g/mol. The number of carboxylic acids is 1. The first kappa shape index (κ1) is 23.4. The average Bonchev–Trinajstić information content (AvgIpc) is 3.23. The number of carbonyl (C=O) groups excluding carboxylic acids is 2. The van der Waals surface area contributed by atoms with E-state index >= 15 is 0 Å². The number of hydrogen-bond acceptors (Lipinski definition) is 13. The monoisotopic (exact) mass is 506 g/mol. The zero-order chi connectivity index (χ0) is 24.4.